The highest BCUT2D eigenvalue weighted by Crippen LogP contribution is 2.18. The summed E-state index contributed by atoms with van der Waals surface area (Å²) < 4.78 is 20.4. The van der Waals surface area contributed by atoms with Crippen molar-refractivity contribution in [3.8, 4) is 0 Å². The van der Waals surface area contributed by atoms with E-state index in [-0.39, 0.29) is 0 Å². The first-order valence-electron chi connectivity index (χ1n) is 1.01. The molecule has 0 unspecified atom stereocenters. The highest BCUT2D eigenvalue weighted by molar-refractivity contribution is 9.14. The fraction of sp³-hybridized carbons (Fsp3) is 0. The van der Waals surface area contributed by atoms with Crippen molar-refractivity contribution < 1.29 is 8.78 Å². The third-order valence-corrected chi connectivity index (χ3v) is 1.37. The van der Waals surface area contributed by atoms with Gasteiger partial charge in [-0.1, -0.05) is 0 Å². The molecule has 0 fully saturated rings. The third-order valence-electron chi connectivity index (χ3n) is 0.143. The highest BCUT2D eigenvalue weighted by Gasteiger charge is 1.91. The van der Waals surface area contributed by atoms with Gasteiger partial charge in [-0.2, -0.15) is 8.78 Å². The average molecular weight is 222 g/mol. The Hall–Kier alpha value is 0.560. The molecular formula is C2Br2F2. The fourth-order valence-corrected chi connectivity index (χ4v) is 0. The Kier molecular flexibility index (Phi) is 2.94. The fourth-order valence-electron chi connectivity index (χ4n) is 0. The van der Waals surface area contributed by atoms with Gasteiger partial charge in [-0.05, 0) is 31.9 Å². The lowest BCUT2D eigenvalue weighted by Crippen LogP contribution is -1.50. The van der Waals surface area contributed by atoms with Crippen molar-refractivity contribution in [2.75, 3.05) is 0 Å². The standard InChI is InChI=1S/C2Br2F2/c3-1(5)2(4)6. The van der Waals surface area contributed by atoms with Crippen LogP contribution < -0.4 is 0 Å². The third kappa shape index (κ3) is 2.78. The molecule has 0 aliphatic rings. The molecule has 6 heavy (non-hydrogen) atoms. The summed E-state index contributed by atoms with van der Waals surface area (Å²) in [5.41, 5.74) is 0. The summed E-state index contributed by atoms with van der Waals surface area (Å²) in [4.78, 5) is 0. The van der Waals surface area contributed by atoms with Crippen LogP contribution in [0.2, 0.25) is 0 Å². The van der Waals surface area contributed by atoms with Crippen LogP contribution >= 0.6 is 31.9 Å². The molecule has 0 rings (SSSR count). The number of rotatable bonds is 0. The summed E-state index contributed by atoms with van der Waals surface area (Å²) in [6.45, 7) is 0. The zero-order valence-electron chi connectivity index (χ0n) is 2.51. The minimum Gasteiger partial charge on any atom is -0.195 e. The van der Waals surface area contributed by atoms with E-state index in [1.54, 1.807) is 0 Å². The van der Waals surface area contributed by atoms with Crippen molar-refractivity contribution in [2.45, 2.75) is 0 Å². The number of hydrogen-bond acceptors (Lipinski definition) is 0. The lowest BCUT2D eigenvalue weighted by molar-refractivity contribution is 0.623. The first-order valence-corrected chi connectivity index (χ1v) is 2.59. The highest BCUT2D eigenvalue weighted by atomic mass is 79.9. The van der Waals surface area contributed by atoms with Gasteiger partial charge in [0.05, 0.1) is 0 Å². The Balaban J connectivity index is 3.68. The van der Waals surface area contributed by atoms with Crippen molar-refractivity contribution in [1.82, 2.24) is 0 Å². The van der Waals surface area contributed by atoms with Gasteiger partial charge < -0.3 is 0 Å². The lowest BCUT2D eigenvalue weighted by Gasteiger charge is -1.73. The summed E-state index contributed by atoms with van der Waals surface area (Å²) in [7, 11) is 0. The topological polar surface area (TPSA) is 0 Å². The van der Waals surface area contributed by atoms with Crippen LogP contribution in [0.4, 0.5) is 8.78 Å². The molecule has 0 aromatic heterocycles. The molecule has 0 bridgehead atoms. The maximum Gasteiger partial charge on any atom is 0.208 e. The molecule has 0 aromatic rings. The van der Waals surface area contributed by atoms with Crippen molar-refractivity contribution in [1.29, 1.82) is 0 Å². The van der Waals surface area contributed by atoms with Crippen LogP contribution in [-0.2, 0) is 0 Å². The summed E-state index contributed by atoms with van der Waals surface area (Å²) in [5, 5.41) is 0. The predicted molar refractivity (Wildman–Crippen MR) is 27.1 cm³/mol. The van der Waals surface area contributed by atoms with Gasteiger partial charge in [-0.15, -0.1) is 0 Å². The molecule has 0 saturated carbocycles. The molecule has 0 heterocycles. The van der Waals surface area contributed by atoms with Gasteiger partial charge in [-0.3, -0.25) is 0 Å². The zero-order valence-corrected chi connectivity index (χ0v) is 5.68. The van der Waals surface area contributed by atoms with Crippen molar-refractivity contribution >= 4 is 31.9 Å². The van der Waals surface area contributed by atoms with Gasteiger partial charge in [0, 0.05) is 0 Å². The second kappa shape index (κ2) is 2.69. The van der Waals surface area contributed by atoms with E-state index in [0.29, 0.717) is 0 Å². The van der Waals surface area contributed by atoms with E-state index >= 15 is 0 Å². The Bertz CT molecular complexity index is 59.6. The summed E-state index contributed by atoms with van der Waals surface area (Å²) >= 11 is 4.46. The Labute approximate surface area is 50.5 Å². The van der Waals surface area contributed by atoms with Crippen LogP contribution in [0.5, 0.6) is 0 Å². The van der Waals surface area contributed by atoms with Crippen LogP contribution in [0.25, 0.3) is 0 Å². The van der Waals surface area contributed by atoms with Crippen LogP contribution in [-0.4, -0.2) is 0 Å². The predicted octanol–water partition coefficient (Wildman–Crippen LogP) is 2.84. The Morgan fingerprint density at radius 1 is 1.00 bits per heavy atom. The van der Waals surface area contributed by atoms with Crippen molar-refractivity contribution in [2.24, 2.45) is 0 Å². The molecule has 0 aliphatic heterocycles. The second-order valence-electron chi connectivity index (χ2n) is 0.521. The van der Waals surface area contributed by atoms with Crippen LogP contribution in [0.1, 0.15) is 0 Å². The molecule has 4 heteroatoms. The van der Waals surface area contributed by atoms with Gasteiger partial charge in [0.1, 0.15) is 0 Å². The first-order chi connectivity index (χ1) is 2.64. The largest absolute Gasteiger partial charge is 0.208 e. The van der Waals surface area contributed by atoms with E-state index in [1.807, 2.05) is 0 Å². The maximum atomic E-state index is 11.2. The summed E-state index contributed by atoms with van der Waals surface area (Å²) in [5.74, 6) is 0. The van der Waals surface area contributed by atoms with Gasteiger partial charge >= 0.3 is 0 Å². The molecule has 36 valence electrons. The number of hydrogen-bond donors (Lipinski definition) is 0. The quantitative estimate of drug-likeness (QED) is 0.590. The molecule has 0 aromatic carbocycles. The Morgan fingerprint density at radius 3 is 1.17 bits per heavy atom. The smallest absolute Gasteiger partial charge is 0.195 e. The van der Waals surface area contributed by atoms with E-state index in [9.17, 15) is 8.78 Å². The van der Waals surface area contributed by atoms with Gasteiger partial charge in [0.2, 0.25) is 9.47 Å². The van der Waals surface area contributed by atoms with Gasteiger partial charge in [-0.25, -0.2) is 0 Å². The normalized spacial score (nSPS) is 14.0. The Morgan fingerprint density at radius 2 is 1.17 bits per heavy atom. The molecular weight excluding hydrogens is 222 g/mol. The summed E-state index contributed by atoms with van der Waals surface area (Å²) in [6, 6.07) is 0. The molecule has 0 amide bonds. The van der Waals surface area contributed by atoms with E-state index in [2.05, 4.69) is 31.9 Å². The van der Waals surface area contributed by atoms with E-state index in [4.69, 9.17) is 0 Å². The first kappa shape index (κ1) is 6.56. The van der Waals surface area contributed by atoms with E-state index in [0.717, 1.165) is 0 Å². The maximum absolute atomic E-state index is 11.2. The molecule has 0 N–H and O–H groups in total. The molecule has 0 nitrogen and oxygen atoms in total. The number of halogens is 4. The minimum absolute atomic E-state index is 1.01. The minimum atomic E-state index is -1.01. The SMILES string of the molecule is FC(Br)=C(F)Br. The van der Waals surface area contributed by atoms with Crippen molar-refractivity contribution in [3.63, 3.8) is 0 Å². The molecule has 0 aliphatic carbocycles. The zero-order chi connectivity index (χ0) is 5.15. The average Bonchev–Trinajstić information content (AvgIpc) is 1.36. The lowest BCUT2D eigenvalue weighted by atomic mass is 11.2. The van der Waals surface area contributed by atoms with Crippen molar-refractivity contribution in [3.05, 3.63) is 9.47 Å². The van der Waals surface area contributed by atoms with Crippen LogP contribution in [0, 0.1) is 0 Å². The van der Waals surface area contributed by atoms with Crippen LogP contribution in [0.3, 0.4) is 0 Å². The molecule has 0 saturated heterocycles. The molecule has 0 atom stereocenters. The van der Waals surface area contributed by atoms with Gasteiger partial charge in [0.15, 0.2) is 0 Å². The summed E-state index contributed by atoms with van der Waals surface area (Å²) in [6.07, 6.45) is 0. The molecule has 0 spiro atoms. The van der Waals surface area contributed by atoms with E-state index in [1.165, 1.54) is 0 Å². The van der Waals surface area contributed by atoms with Crippen LogP contribution in [0.15, 0.2) is 9.47 Å². The monoisotopic (exact) mass is 220 g/mol. The second-order valence-corrected chi connectivity index (χ2v) is 1.91. The van der Waals surface area contributed by atoms with E-state index < -0.39 is 9.47 Å². The molecule has 0 radical (unpaired) electrons. The van der Waals surface area contributed by atoms with Gasteiger partial charge in [0.25, 0.3) is 0 Å².